The summed E-state index contributed by atoms with van der Waals surface area (Å²) in [4.78, 5) is 24.1. The number of thiazole rings is 1. The Morgan fingerprint density at radius 3 is 2.86 bits per heavy atom. The summed E-state index contributed by atoms with van der Waals surface area (Å²) in [6, 6.07) is 7.94. The number of aromatic nitrogens is 2. The molecule has 4 rings (SSSR count). The van der Waals surface area contributed by atoms with Crippen molar-refractivity contribution in [2.75, 3.05) is 20.2 Å². The van der Waals surface area contributed by atoms with Crippen molar-refractivity contribution < 1.29 is 13.9 Å². The molecule has 0 N–H and O–H groups in total. The molecule has 0 spiro atoms. The zero-order valence-corrected chi connectivity index (χ0v) is 16.9. The van der Waals surface area contributed by atoms with Crippen molar-refractivity contribution in [1.29, 1.82) is 0 Å². The Balaban J connectivity index is 1.42. The third-order valence-corrected chi connectivity index (χ3v) is 6.02. The number of hydrogen-bond acceptors (Lipinski definition) is 6. The Labute approximate surface area is 168 Å². The first kappa shape index (κ1) is 18.7. The molecule has 1 aliphatic rings. The third kappa shape index (κ3) is 3.94. The monoisotopic (exact) mass is 397 g/mol. The van der Waals surface area contributed by atoms with Crippen molar-refractivity contribution in [3.05, 3.63) is 63.8 Å². The number of likely N-dealkylation sites (tertiary alicyclic amines) is 1. The summed E-state index contributed by atoms with van der Waals surface area (Å²) in [7, 11) is 1.66. The molecule has 1 amide bonds. The van der Waals surface area contributed by atoms with Gasteiger partial charge in [0, 0.05) is 19.5 Å². The van der Waals surface area contributed by atoms with E-state index >= 15 is 0 Å². The fourth-order valence-corrected chi connectivity index (χ4v) is 4.32. The van der Waals surface area contributed by atoms with Crippen LogP contribution in [0.3, 0.4) is 0 Å². The highest BCUT2D eigenvalue weighted by atomic mass is 32.1. The predicted octanol–water partition coefficient (Wildman–Crippen LogP) is 4.06. The molecule has 1 saturated heterocycles. The van der Waals surface area contributed by atoms with Gasteiger partial charge in [0.05, 0.1) is 30.4 Å². The van der Waals surface area contributed by atoms with Gasteiger partial charge in [-0.3, -0.25) is 4.79 Å². The van der Waals surface area contributed by atoms with Crippen LogP contribution in [0.15, 0.2) is 40.4 Å². The van der Waals surface area contributed by atoms with Crippen LogP contribution in [-0.2, 0) is 6.42 Å². The first-order valence-electron chi connectivity index (χ1n) is 9.41. The molecule has 28 heavy (non-hydrogen) atoms. The molecule has 7 heteroatoms. The van der Waals surface area contributed by atoms with Gasteiger partial charge in [0.15, 0.2) is 5.89 Å². The van der Waals surface area contributed by atoms with Crippen LogP contribution < -0.4 is 4.74 Å². The van der Waals surface area contributed by atoms with Crippen LogP contribution in [0.25, 0.3) is 0 Å². The summed E-state index contributed by atoms with van der Waals surface area (Å²) in [6.45, 7) is 3.29. The van der Waals surface area contributed by atoms with Crippen molar-refractivity contribution in [1.82, 2.24) is 14.9 Å². The number of piperidine rings is 1. The number of carbonyl (C=O) groups excluding carboxylic acids is 1. The second kappa shape index (κ2) is 8.14. The summed E-state index contributed by atoms with van der Waals surface area (Å²) in [6.07, 6.45) is 4.42. The number of oxazole rings is 1. The van der Waals surface area contributed by atoms with Crippen LogP contribution in [-0.4, -0.2) is 41.0 Å². The van der Waals surface area contributed by atoms with E-state index in [0.717, 1.165) is 52.9 Å². The van der Waals surface area contributed by atoms with Crippen LogP contribution in [0.1, 0.15) is 51.3 Å². The lowest BCUT2D eigenvalue weighted by Gasteiger charge is -2.31. The van der Waals surface area contributed by atoms with E-state index in [9.17, 15) is 4.79 Å². The molecule has 146 valence electrons. The number of carbonyl (C=O) groups is 1. The lowest BCUT2D eigenvalue weighted by atomic mass is 9.98. The molecule has 2 aromatic heterocycles. The largest absolute Gasteiger partial charge is 0.497 e. The molecule has 0 unspecified atom stereocenters. The van der Waals surface area contributed by atoms with Gasteiger partial charge in [-0.25, -0.2) is 9.97 Å². The first-order chi connectivity index (χ1) is 13.6. The van der Waals surface area contributed by atoms with E-state index in [0.29, 0.717) is 13.0 Å². The van der Waals surface area contributed by atoms with E-state index in [2.05, 4.69) is 9.97 Å². The van der Waals surface area contributed by atoms with Crippen LogP contribution in [0.5, 0.6) is 5.75 Å². The minimum atomic E-state index is 0.0645. The minimum Gasteiger partial charge on any atom is -0.497 e. The Morgan fingerprint density at radius 1 is 1.32 bits per heavy atom. The smallest absolute Gasteiger partial charge is 0.265 e. The average molecular weight is 398 g/mol. The molecule has 0 saturated carbocycles. The summed E-state index contributed by atoms with van der Waals surface area (Å²) in [5.74, 6) is 2.60. The van der Waals surface area contributed by atoms with Crippen molar-refractivity contribution in [3.8, 4) is 5.75 Å². The van der Waals surface area contributed by atoms with Crippen molar-refractivity contribution in [2.24, 2.45) is 0 Å². The average Bonchev–Trinajstić information content (AvgIpc) is 3.37. The van der Waals surface area contributed by atoms with Crippen LogP contribution in [0, 0.1) is 6.92 Å². The van der Waals surface area contributed by atoms with Gasteiger partial charge in [-0.1, -0.05) is 12.1 Å². The Kier molecular flexibility index (Phi) is 5.43. The maximum absolute atomic E-state index is 12.8. The van der Waals surface area contributed by atoms with Gasteiger partial charge in [0.25, 0.3) is 5.91 Å². The van der Waals surface area contributed by atoms with Crippen molar-refractivity contribution in [2.45, 2.75) is 32.1 Å². The SMILES string of the molecule is COc1ccc(Cc2cnc([C@@H]3CCCN(C(=O)c4scnc4C)C3)o2)cc1. The molecule has 6 nitrogen and oxygen atoms in total. The van der Waals surface area contributed by atoms with Gasteiger partial charge < -0.3 is 14.1 Å². The molecule has 1 fully saturated rings. The van der Waals surface area contributed by atoms with E-state index < -0.39 is 0 Å². The molecule has 1 aliphatic heterocycles. The number of methoxy groups -OCH3 is 1. The molecular weight excluding hydrogens is 374 g/mol. The normalized spacial score (nSPS) is 16.9. The second-order valence-corrected chi connectivity index (χ2v) is 7.90. The number of hydrogen-bond donors (Lipinski definition) is 0. The van der Waals surface area contributed by atoms with Gasteiger partial charge in [-0.05, 0) is 37.5 Å². The summed E-state index contributed by atoms with van der Waals surface area (Å²) >= 11 is 1.41. The molecule has 0 aliphatic carbocycles. The third-order valence-electron chi connectivity index (χ3n) is 5.11. The summed E-state index contributed by atoms with van der Waals surface area (Å²) in [5.41, 5.74) is 3.67. The maximum Gasteiger partial charge on any atom is 0.265 e. The standard InChI is InChI=1S/C21H23N3O3S/c1-14-19(28-13-23-14)21(25)24-9-3-4-16(12-24)20-22-11-18(27-20)10-15-5-7-17(26-2)8-6-15/h5-8,11,13,16H,3-4,9-10,12H2,1-2H3/t16-/m1/s1. The Morgan fingerprint density at radius 2 is 2.14 bits per heavy atom. The lowest BCUT2D eigenvalue weighted by molar-refractivity contribution is 0.0702. The fourth-order valence-electron chi connectivity index (χ4n) is 3.55. The number of benzene rings is 1. The minimum absolute atomic E-state index is 0.0645. The molecule has 0 radical (unpaired) electrons. The first-order valence-corrected chi connectivity index (χ1v) is 10.3. The molecule has 3 aromatic rings. The number of rotatable bonds is 5. The summed E-state index contributed by atoms with van der Waals surface area (Å²) in [5, 5.41) is 0. The zero-order chi connectivity index (χ0) is 19.5. The zero-order valence-electron chi connectivity index (χ0n) is 16.1. The van der Waals surface area contributed by atoms with Gasteiger partial charge in [-0.2, -0.15) is 0 Å². The molecule has 0 bridgehead atoms. The van der Waals surface area contributed by atoms with Gasteiger partial charge in [0.1, 0.15) is 16.4 Å². The maximum atomic E-state index is 12.8. The fraction of sp³-hybridized carbons (Fsp3) is 0.381. The van der Waals surface area contributed by atoms with E-state index in [-0.39, 0.29) is 11.8 Å². The van der Waals surface area contributed by atoms with E-state index in [1.54, 1.807) is 18.8 Å². The highest BCUT2D eigenvalue weighted by molar-refractivity contribution is 7.11. The number of amides is 1. The second-order valence-electron chi connectivity index (χ2n) is 7.05. The van der Waals surface area contributed by atoms with Gasteiger partial charge in [-0.15, -0.1) is 11.3 Å². The Hall–Kier alpha value is -2.67. The van der Waals surface area contributed by atoms with E-state index in [1.807, 2.05) is 36.1 Å². The van der Waals surface area contributed by atoms with Crippen molar-refractivity contribution in [3.63, 3.8) is 0 Å². The topological polar surface area (TPSA) is 68.5 Å². The van der Waals surface area contributed by atoms with Crippen LogP contribution in [0.4, 0.5) is 0 Å². The lowest BCUT2D eigenvalue weighted by Crippen LogP contribution is -2.39. The quantitative estimate of drug-likeness (QED) is 0.649. The molecule has 3 heterocycles. The van der Waals surface area contributed by atoms with Gasteiger partial charge >= 0.3 is 0 Å². The number of ether oxygens (including phenoxy) is 1. The van der Waals surface area contributed by atoms with Crippen molar-refractivity contribution >= 4 is 17.2 Å². The number of aryl methyl sites for hydroxylation is 1. The molecular formula is C21H23N3O3S. The van der Waals surface area contributed by atoms with Gasteiger partial charge in [0.2, 0.25) is 0 Å². The highest BCUT2D eigenvalue weighted by Gasteiger charge is 2.29. The van der Waals surface area contributed by atoms with Crippen LogP contribution in [0.2, 0.25) is 0 Å². The predicted molar refractivity (Wildman–Crippen MR) is 107 cm³/mol. The van der Waals surface area contributed by atoms with E-state index in [1.165, 1.54) is 11.3 Å². The highest BCUT2D eigenvalue weighted by Crippen LogP contribution is 2.29. The molecule has 1 atom stereocenters. The van der Waals surface area contributed by atoms with Crippen LogP contribution >= 0.6 is 11.3 Å². The molecule has 1 aromatic carbocycles. The Bertz CT molecular complexity index is 948. The number of nitrogens with zero attached hydrogens (tertiary/aromatic N) is 3. The van der Waals surface area contributed by atoms with E-state index in [4.69, 9.17) is 9.15 Å². The summed E-state index contributed by atoms with van der Waals surface area (Å²) < 4.78 is 11.2.